The minimum absolute atomic E-state index is 0.00609. The molecule has 180 valence electrons. The summed E-state index contributed by atoms with van der Waals surface area (Å²) in [5.41, 5.74) is 0.831. The Kier molecular flexibility index (Phi) is 5.64. The number of benzene rings is 3. The number of nitrogens with zero attached hydrogens (tertiary/aromatic N) is 2. The summed E-state index contributed by atoms with van der Waals surface area (Å²) in [6.07, 6.45) is 0. The quantitative estimate of drug-likeness (QED) is 0.427. The minimum atomic E-state index is -1.42. The van der Waals surface area contributed by atoms with E-state index in [0.29, 0.717) is 40.4 Å². The number of rotatable bonds is 6. The van der Waals surface area contributed by atoms with Gasteiger partial charge in [-0.05, 0) is 36.9 Å². The first kappa shape index (κ1) is 22.8. The molecule has 0 aromatic heterocycles. The SMILES string of the molecule is COc1cc([C@@H]2CN(C)[C@@]3(C(=O)Nc4ccccc43)[C@H]2[N+](=O)[O-])ccc1OCc1ccccc1F. The van der Waals surface area contributed by atoms with Gasteiger partial charge in [0.15, 0.2) is 17.0 Å². The van der Waals surface area contributed by atoms with Crippen LogP contribution in [0.2, 0.25) is 0 Å². The molecule has 2 aliphatic heterocycles. The highest BCUT2D eigenvalue weighted by molar-refractivity contribution is 6.06. The van der Waals surface area contributed by atoms with E-state index in [1.165, 1.54) is 13.2 Å². The third-order valence-corrected chi connectivity index (χ3v) is 7.00. The molecule has 35 heavy (non-hydrogen) atoms. The summed E-state index contributed by atoms with van der Waals surface area (Å²) in [5.74, 6) is -0.585. The van der Waals surface area contributed by atoms with Crippen molar-refractivity contribution in [2.75, 3.05) is 26.0 Å². The largest absolute Gasteiger partial charge is 0.493 e. The van der Waals surface area contributed by atoms with E-state index in [9.17, 15) is 19.3 Å². The van der Waals surface area contributed by atoms with Crippen LogP contribution in [0.3, 0.4) is 0 Å². The van der Waals surface area contributed by atoms with Crippen molar-refractivity contribution in [3.63, 3.8) is 0 Å². The Bertz CT molecular complexity index is 1320. The topological polar surface area (TPSA) is 93.9 Å². The van der Waals surface area contributed by atoms with Crippen LogP contribution < -0.4 is 14.8 Å². The third kappa shape index (κ3) is 3.50. The Balaban J connectivity index is 1.50. The molecule has 0 aliphatic carbocycles. The van der Waals surface area contributed by atoms with Crippen molar-refractivity contribution in [1.82, 2.24) is 4.90 Å². The molecule has 0 bridgehead atoms. The Morgan fingerprint density at radius 3 is 2.63 bits per heavy atom. The van der Waals surface area contributed by atoms with E-state index in [0.717, 1.165) is 0 Å². The predicted molar refractivity (Wildman–Crippen MR) is 127 cm³/mol. The fourth-order valence-electron chi connectivity index (χ4n) is 5.39. The van der Waals surface area contributed by atoms with Crippen LogP contribution in [0.4, 0.5) is 10.1 Å². The fraction of sp³-hybridized carbons (Fsp3) is 0.269. The van der Waals surface area contributed by atoms with Gasteiger partial charge in [0, 0.05) is 28.3 Å². The smallest absolute Gasteiger partial charge is 0.256 e. The zero-order valence-electron chi connectivity index (χ0n) is 19.2. The summed E-state index contributed by atoms with van der Waals surface area (Å²) in [7, 11) is 3.21. The molecule has 3 aromatic carbocycles. The molecule has 2 aliphatic rings. The van der Waals surface area contributed by atoms with Crippen molar-refractivity contribution in [2.24, 2.45) is 0 Å². The van der Waals surface area contributed by atoms with Crippen LogP contribution in [-0.4, -0.2) is 42.5 Å². The predicted octanol–water partition coefficient (Wildman–Crippen LogP) is 3.94. The van der Waals surface area contributed by atoms with Crippen molar-refractivity contribution >= 4 is 11.6 Å². The zero-order valence-corrected chi connectivity index (χ0v) is 19.2. The van der Waals surface area contributed by atoms with E-state index in [1.54, 1.807) is 72.6 Å². The molecule has 1 N–H and O–H groups in total. The highest BCUT2D eigenvalue weighted by Gasteiger charge is 2.68. The number of nitrogens with one attached hydrogen (secondary N) is 1. The number of carbonyl (C=O) groups excluding carboxylic acids is 1. The van der Waals surface area contributed by atoms with Gasteiger partial charge in [-0.3, -0.25) is 19.8 Å². The number of halogens is 1. The second kappa shape index (κ2) is 8.66. The van der Waals surface area contributed by atoms with E-state index >= 15 is 0 Å². The molecule has 3 aromatic rings. The van der Waals surface area contributed by atoms with Gasteiger partial charge in [-0.25, -0.2) is 4.39 Å². The standard InChI is InChI=1S/C26H24FN3O5/c1-29-14-18(24(30(32)33)26(29)19-8-4-6-10-21(19)28-25(26)31)16-11-12-22(23(13-16)34-2)35-15-17-7-3-5-9-20(17)27/h3-13,18,24H,14-15H2,1-2H3,(H,28,31)/t18-,24-,26+/m0/s1. The zero-order chi connectivity index (χ0) is 24.7. The van der Waals surface area contributed by atoms with Crippen LogP contribution in [0.5, 0.6) is 11.5 Å². The third-order valence-electron chi connectivity index (χ3n) is 7.00. The Hall–Kier alpha value is -3.98. The van der Waals surface area contributed by atoms with Crippen molar-refractivity contribution < 1.29 is 23.6 Å². The molecule has 0 saturated carbocycles. The van der Waals surface area contributed by atoms with Gasteiger partial charge < -0.3 is 14.8 Å². The number of methoxy groups -OCH3 is 1. The van der Waals surface area contributed by atoms with Crippen molar-refractivity contribution in [2.45, 2.75) is 24.1 Å². The lowest BCUT2D eigenvalue weighted by molar-refractivity contribution is -0.534. The second-order valence-electron chi connectivity index (χ2n) is 8.77. The molecule has 0 unspecified atom stereocenters. The average molecular weight is 477 g/mol. The number of carbonyl (C=O) groups is 1. The van der Waals surface area contributed by atoms with Crippen LogP contribution in [0, 0.1) is 15.9 Å². The van der Waals surface area contributed by atoms with Gasteiger partial charge in [0.2, 0.25) is 0 Å². The van der Waals surface area contributed by atoms with Crippen LogP contribution >= 0.6 is 0 Å². The first-order valence-electron chi connectivity index (χ1n) is 11.2. The lowest BCUT2D eigenvalue weighted by atomic mass is 9.79. The molecule has 1 spiro atoms. The fourth-order valence-corrected chi connectivity index (χ4v) is 5.39. The number of para-hydroxylation sites is 1. The van der Waals surface area contributed by atoms with Crippen LogP contribution in [0.1, 0.15) is 22.6 Å². The highest BCUT2D eigenvalue weighted by Crippen LogP contribution is 2.52. The number of nitro groups is 1. The number of hydrogen-bond acceptors (Lipinski definition) is 6. The maximum atomic E-state index is 14.0. The van der Waals surface area contributed by atoms with E-state index in [-0.39, 0.29) is 17.3 Å². The molecule has 0 radical (unpaired) electrons. The van der Waals surface area contributed by atoms with Gasteiger partial charge in [-0.2, -0.15) is 0 Å². The van der Waals surface area contributed by atoms with E-state index in [4.69, 9.17) is 9.47 Å². The van der Waals surface area contributed by atoms with E-state index in [1.807, 2.05) is 0 Å². The number of likely N-dealkylation sites (tertiary alicyclic amines) is 1. The van der Waals surface area contributed by atoms with Crippen molar-refractivity contribution in [3.05, 3.63) is 99.4 Å². The summed E-state index contributed by atoms with van der Waals surface area (Å²) >= 11 is 0. The van der Waals surface area contributed by atoms with Crippen LogP contribution in [0.25, 0.3) is 0 Å². The molecule has 1 saturated heterocycles. The number of ether oxygens (including phenoxy) is 2. The molecule has 5 rings (SSSR count). The lowest BCUT2D eigenvalue weighted by Gasteiger charge is -2.30. The van der Waals surface area contributed by atoms with Gasteiger partial charge in [0.05, 0.1) is 13.0 Å². The van der Waals surface area contributed by atoms with Gasteiger partial charge in [0.25, 0.3) is 11.9 Å². The Morgan fingerprint density at radius 1 is 1.14 bits per heavy atom. The van der Waals surface area contributed by atoms with Gasteiger partial charge in [-0.15, -0.1) is 0 Å². The van der Waals surface area contributed by atoms with Crippen LogP contribution in [-0.2, 0) is 16.9 Å². The second-order valence-corrected chi connectivity index (χ2v) is 8.77. The molecular formula is C26H24FN3O5. The number of hydrogen-bond donors (Lipinski definition) is 1. The molecule has 1 fully saturated rings. The molecule has 2 heterocycles. The summed E-state index contributed by atoms with van der Waals surface area (Å²) in [6, 6.07) is 17.3. The average Bonchev–Trinajstić information content (AvgIpc) is 3.33. The van der Waals surface area contributed by atoms with Gasteiger partial charge in [-0.1, -0.05) is 42.5 Å². The maximum Gasteiger partial charge on any atom is 0.256 e. The molecule has 8 nitrogen and oxygen atoms in total. The first-order valence-corrected chi connectivity index (χ1v) is 11.2. The van der Waals surface area contributed by atoms with Crippen molar-refractivity contribution in [1.29, 1.82) is 0 Å². The summed E-state index contributed by atoms with van der Waals surface area (Å²) < 4.78 is 25.3. The number of anilines is 1. The summed E-state index contributed by atoms with van der Waals surface area (Å²) in [4.78, 5) is 27.1. The number of amides is 1. The Labute approximate surface area is 201 Å². The minimum Gasteiger partial charge on any atom is -0.493 e. The highest BCUT2D eigenvalue weighted by atomic mass is 19.1. The van der Waals surface area contributed by atoms with E-state index in [2.05, 4.69) is 5.32 Å². The van der Waals surface area contributed by atoms with Crippen molar-refractivity contribution in [3.8, 4) is 11.5 Å². The monoisotopic (exact) mass is 477 g/mol. The lowest BCUT2D eigenvalue weighted by Crippen LogP contribution is -2.54. The number of likely N-dealkylation sites (N-methyl/N-ethyl adjacent to an activating group) is 1. The molecule has 9 heteroatoms. The summed E-state index contributed by atoms with van der Waals surface area (Å²) in [6.45, 7) is 0.304. The number of fused-ring (bicyclic) bond motifs is 2. The molecular weight excluding hydrogens is 453 g/mol. The van der Waals surface area contributed by atoms with E-state index < -0.39 is 23.4 Å². The maximum absolute atomic E-state index is 14.0. The van der Waals surface area contributed by atoms with Gasteiger partial charge in [0.1, 0.15) is 12.4 Å². The Morgan fingerprint density at radius 2 is 1.89 bits per heavy atom. The van der Waals surface area contributed by atoms with Crippen LogP contribution in [0.15, 0.2) is 66.7 Å². The summed E-state index contributed by atoms with van der Waals surface area (Å²) in [5, 5.41) is 15.3. The normalized spacial score (nSPS) is 23.2. The molecule has 3 atom stereocenters. The van der Waals surface area contributed by atoms with Gasteiger partial charge >= 0.3 is 0 Å². The molecule has 1 amide bonds. The first-order chi connectivity index (χ1) is 16.9.